The highest BCUT2D eigenvalue weighted by Gasteiger charge is 2.37. The number of esters is 1. The minimum Gasteiger partial charge on any atom is -0.459 e. The Morgan fingerprint density at radius 3 is 2.49 bits per heavy atom. The highest BCUT2D eigenvalue weighted by molar-refractivity contribution is 5.99. The minimum absolute atomic E-state index is 0. The Morgan fingerprint density at radius 1 is 1.06 bits per heavy atom. The summed E-state index contributed by atoms with van der Waals surface area (Å²) in [5.41, 5.74) is 1.79. The zero-order valence-electron chi connectivity index (χ0n) is 21.0. The number of rotatable bonds is 10. The molecule has 1 aromatic carbocycles. The molecule has 4 rings (SSSR count). The lowest BCUT2D eigenvalue weighted by atomic mass is 9.85. The van der Waals surface area contributed by atoms with Gasteiger partial charge in [-0.2, -0.15) is 0 Å². The molecule has 1 saturated heterocycles. The molecular formula is C29H41ClN2O3. The fraction of sp³-hybridized carbons (Fsp3) is 0.586. The van der Waals surface area contributed by atoms with Gasteiger partial charge in [-0.3, -0.25) is 9.69 Å². The standard InChI is InChI=1S/C29H40N2O3.ClH/c1-22-12-11-19-31(22)28(25-17-9-4-10-18-25)29(33)34-27(24-15-7-3-8-16-24)21-30-20-26(32)23-13-5-2-6-14-23;/h4-5,9-10,13-14,17-18,22,24,27-28,30H,2-3,6-8,11-12,15-16,19-21H2,1H3;1H/t22-,27+,28?;/m1./s1. The lowest BCUT2D eigenvalue weighted by Crippen LogP contribution is -2.43. The number of Topliss-reactive ketones (excluding diaryl/α,β-unsaturated/α-hetero) is 1. The number of ether oxygens (including phenoxy) is 1. The van der Waals surface area contributed by atoms with Crippen LogP contribution in [0.4, 0.5) is 0 Å². The van der Waals surface area contributed by atoms with Gasteiger partial charge in [-0.05, 0) is 63.5 Å². The van der Waals surface area contributed by atoms with Crippen molar-refractivity contribution >= 4 is 24.2 Å². The number of allylic oxidation sites excluding steroid dienone is 3. The normalized spacial score (nSPS) is 22.7. The molecule has 0 spiro atoms. The van der Waals surface area contributed by atoms with Crippen LogP contribution < -0.4 is 5.32 Å². The number of benzene rings is 1. The quantitative estimate of drug-likeness (QED) is 0.426. The Kier molecular flexibility index (Phi) is 11.0. The van der Waals surface area contributed by atoms with Crippen molar-refractivity contribution in [2.24, 2.45) is 5.92 Å². The number of halogens is 1. The zero-order chi connectivity index (χ0) is 23.8. The first-order valence-electron chi connectivity index (χ1n) is 13.3. The molecule has 1 unspecified atom stereocenters. The number of hydrogen-bond acceptors (Lipinski definition) is 5. The minimum atomic E-state index is -0.371. The van der Waals surface area contributed by atoms with Crippen LogP contribution in [0.15, 0.2) is 54.1 Å². The first kappa shape index (κ1) is 27.6. The molecule has 2 aliphatic carbocycles. The first-order chi connectivity index (χ1) is 16.6. The van der Waals surface area contributed by atoms with Gasteiger partial charge in [-0.15, -0.1) is 12.4 Å². The number of hydrogen-bond donors (Lipinski definition) is 1. The van der Waals surface area contributed by atoms with Crippen molar-refractivity contribution in [2.75, 3.05) is 19.6 Å². The molecular weight excluding hydrogens is 460 g/mol. The van der Waals surface area contributed by atoms with E-state index in [0.29, 0.717) is 18.5 Å². The maximum absolute atomic E-state index is 13.7. The zero-order valence-corrected chi connectivity index (χ0v) is 21.8. The molecule has 35 heavy (non-hydrogen) atoms. The lowest BCUT2D eigenvalue weighted by Gasteiger charge is -2.34. The lowest BCUT2D eigenvalue weighted by molar-refractivity contribution is -0.159. The predicted molar refractivity (Wildman–Crippen MR) is 143 cm³/mol. The molecule has 6 heteroatoms. The molecule has 0 amide bonds. The first-order valence-corrected chi connectivity index (χ1v) is 13.3. The SMILES string of the molecule is C[C@@H]1CCCN1C(C(=O)O[C@@H](CNCC(=O)C1=CCCC=C1)C1CCCCC1)c1ccccc1.Cl. The molecule has 5 nitrogen and oxygen atoms in total. The van der Waals surface area contributed by atoms with Gasteiger partial charge in [0, 0.05) is 18.2 Å². The van der Waals surface area contributed by atoms with Gasteiger partial charge in [0.25, 0.3) is 0 Å². The second-order valence-electron chi connectivity index (χ2n) is 10.1. The third kappa shape index (κ3) is 7.52. The molecule has 1 N–H and O–H groups in total. The number of carbonyl (C=O) groups is 2. The van der Waals surface area contributed by atoms with E-state index in [2.05, 4.69) is 23.2 Å². The number of nitrogens with one attached hydrogen (secondary N) is 1. The number of nitrogens with zero attached hydrogens (tertiary/aromatic N) is 1. The molecule has 0 aromatic heterocycles. The number of carbonyl (C=O) groups excluding carboxylic acids is 2. The Labute approximate surface area is 216 Å². The second kappa shape index (κ2) is 14.0. The van der Waals surface area contributed by atoms with Gasteiger partial charge in [-0.25, -0.2) is 4.79 Å². The van der Waals surface area contributed by atoms with Crippen molar-refractivity contribution in [3.05, 3.63) is 59.7 Å². The van der Waals surface area contributed by atoms with Crippen LogP contribution in [0.3, 0.4) is 0 Å². The Bertz CT molecular complexity index is 879. The molecule has 3 aliphatic rings. The largest absolute Gasteiger partial charge is 0.459 e. The van der Waals surface area contributed by atoms with Crippen molar-refractivity contribution in [3.63, 3.8) is 0 Å². The van der Waals surface area contributed by atoms with Crippen molar-refractivity contribution in [2.45, 2.75) is 82.9 Å². The van der Waals surface area contributed by atoms with Gasteiger partial charge in [0.1, 0.15) is 12.1 Å². The molecule has 0 radical (unpaired) electrons. The summed E-state index contributed by atoms with van der Waals surface area (Å²) in [4.78, 5) is 28.6. The van der Waals surface area contributed by atoms with Gasteiger partial charge in [0.15, 0.2) is 5.78 Å². The summed E-state index contributed by atoms with van der Waals surface area (Å²) in [6, 6.07) is 10.0. The summed E-state index contributed by atoms with van der Waals surface area (Å²) >= 11 is 0. The van der Waals surface area contributed by atoms with Crippen LogP contribution in [0.5, 0.6) is 0 Å². The van der Waals surface area contributed by atoms with Crippen LogP contribution in [-0.2, 0) is 14.3 Å². The van der Waals surface area contributed by atoms with Crippen LogP contribution in [-0.4, -0.2) is 48.4 Å². The van der Waals surface area contributed by atoms with E-state index in [1.54, 1.807) is 0 Å². The monoisotopic (exact) mass is 500 g/mol. The molecule has 1 heterocycles. The summed E-state index contributed by atoms with van der Waals surface area (Å²) in [6.07, 6.45) is 15.7. The third-order valence-electron chi connectivity index (χ3n) is 7.67. The van der Waals surface area contributed by atoms with Crippen LogP contribution >= 0.6 is 12.4 Å². The molecule has 0 bridgehead atoms. The van der Waals surface area contributed by atoms with E-state index in [4.69, 9.17) is 4.74 Å². The number of likely N-dealkylation sites (tertiary alicyclic amines) is 1. The number of ketones is 1. The van der Waals surface area contributed by atoms with E-state index >= 15 is 0 Å². The third-order valence-corrected chi connectivity index (χ3v) is 7.67. The Morgan fingerprint density at radius 2 is 1.83 bits per heavy atom. The Balaban J connectivity index is 0.00000342. The van der Waals surface area contributed by atoms with Crippen molar-refractivity contribution in [1.29, 1.82) is 0 Å². The maximum Gasteiger partial charge on any atom is 0.328 e. The van der Waals surface area contributed by atoms with Crippen molar-refractivity contribution in [1.82, 2.24) is 10.2 Å². The average Bonchev–Trinajstić information content (AvgIpc) is 3.30. The summed E-state index contributed by atoms with van der Waals surface area (Å²) in [6.45, 7) is 3.92. The molecule has 1 saturated carbocycles. The van der Waals surface area contributed by atoms with Crippen LogP contribution in [0.1, 0.15) is 76.3 Å². The van der Waals surface area contributed by atoms with E-state index in [0.717, 1.165) is 56.2 Å². The summed E-state index contributed by atoms with van der Waals surface area (Å²) in [5, 5.41) is 3.33. The van der Waals surface area contributed by atoms with E-state index < -0.39 is 0 Å². The van der Waals surface area contributed by atoms with E-state index in [9.17, 15) is 9.59 Å². The molecule has 3 atom stereocenters. The molecule has 1 aliphatic heterocycles. The van der Waals surface area contributed by atoms with Crippen LogP contribution in [0.2, 0.25) is 0 Å². The van der Waals surface area contributed by atoms with Crippen molar-refractivity contribution in [3.8, 4) is 0 Å². The van der Waals surface area contributed by atoms with E-state index in [1.807, 2.05) is 42.5 Å². The molecule has 2 fully saturated rings. The highest BCUT2D eigenvalue weighted by atomic mass is 35.5. The topological polar surface area (TPSA) is 58.6 Å². The molecule has 192 valence electrons. The van der Waals surface area contributed by atoms with E-state index in [-0.39, 0.29) is 42.9 Å². The average molecular weight is 501 g/mol. The summed E-state index contributed by atoms with van der Waals surface area (Å²) in [7, 11) is 0. The van der Waals surface area contributed by atoms with Gasteiger partial charge >= 0.3 is 5.97 Å². The van der Waals surface area contributed by atoms with Gasteiger partial charge in [0.05, 0.1) is 6.54 Å². The fourth-order valence-corrected chi connectivity index (χ4v) is 5.71. The smallest absolute Gasteiger partial charge is 0.328 e. The molecule has 1 aromatic rings. The van der Waals surface area contributed by atoms with Gasteiger partial charge < -0.3 is 10.1 Å². The van der Waals surface area contributed by atoms with Crippen LogP contribution in [0.25, 0.3) is 0 Å². The van der Waals surface area contributed by atoms with Crippen molar-refractivity contribution < 1.29 is 14.3 Å². The fourth-order valence-electron chi connectivity index (χ4n) is 5.71. The van der Waals surface area contributed by atoms with E-state index in [1.165, 1.54) is 19.3 Å². The summed E-state index contributed by atoms with van der Waals surface area (Å²) < 4.78 is 6.31. The second-order valence-corrected chi connectivity index (χ2v) is 10.1. The van der Waals surface area contributed by atoms with Gasteiger partial charge in [-0.1, -0.05) is 67.8 Å². The predicted octanol–water partition coefficient (Wildman–Crippen LogP) is 5.56. The Hall–Kier alpha value is -1.95. The summed E-state index contributed by atoms with van der Waals surface area (Å²) in [5.74, 6) is 0.306. The van der Waals surface area contributed by atoms with Gasteiger partial charge in [0.2, 0.25) is 0 Å². The maximum atomic E-state index is 13.7. The van der Waals surface area contributed by atoms with Crippen LogP contribution in [0, 0.1) is 5.92 Å². The highest BCUT2D eigenvalue weighted by Crippen LogP contribution is 2.33.